The van der Waals surface area contributed by atoms with Crippen LogP contribution in [0.5, 0.6) is 11.5 Å². The summed E-state index contributed by atoms with van der Waals surface area (Å²) < 4.78 is 10.4. The molecule has 0 spiro atoms. The van der Waals surface area contributed by atoms with E-state index in [0.29, 0.717) is 30.0 Å². The molecule has 0 unspecified atom stereocenters. The second-order valence-corrected chi connectivity index (χ2v) is 4.62. The van der Waals surface area contributed by atoms with Crippen molar-refractivity contribution in [2.24, 2.45) is 0 Å². The van der Waals surface area contributed by atoms with Crippen LogP contribution in [0.25, 0.3) is 0 Å². The summed E-state index contributed by atoms with van der Waals surface area (Å²) in [5.41, 5.74) is 0.356. The van der Waals surface area contributed by atoms with Crippen molar-refractivity contribution in [2.75, 3.05) is 27.8 Å². The van der Waals surface area contributed by atoms with Gasteiger partial charge >= 0.3 is 0 Å². The Morgan fingerprint density at radius 1 is 1.35 bits per heavy atom. The lowest BCUT2D eigenvalue weighted by Crippen LogP contribution is -2.40. The topological polar surface area (TPSA) is 67.9 Å². The molecule has 2 rings (SSSR count). The molecule has 0 saturated carbocycles. The second kappa shape index (κ2) is 5.81. The zero-order valence-electron chi connectivity index (χ0n) is 11.8. The van der Waals surface area contributed by atoms with Crippen LogP contribution in [0, 0.1) is 0 Å². The van der Waals surface area contributed by atoms with E-state index in [-0.39, 0.29) is 11.8 Å². The number of likely N-dealkylation sites (N-methyl/N-ethyl adjacent to an activating group) is 1. The van der Waals surface area contributed by atoms with Gasteiger partial charge in [0.1, 0.15) is 6.04 Å². The van der Waals surface area contributed by atoms with Crippen LogP contribution >= 0.6 is 0 Å². The largest absolute Gasteiger partial charge is 0.493 e. The van der Waals surface area contributed by atoms with E-state index in [9.17, 15) is 9.59 Å². The lowest BCUT2D eigenvalue weighted by Gasteiger charge is -2.15. The molecule has 1 atom stereocenters. The second-order valence-electron chi connectivity index (χ2n) is 4.62. The van der Waals surface area contributed by atoms with E-state index < -0.39 is 6.04 Å². The van der Waals surface area contributed by atoms with Gasteiger partial charge in [-0.15, -0.1) is 0 Å². The quantitative estimate of drug-likeness (QED) is 0.878. The lowest BCUT2D eigenvalue weighted by atomic mass is 10.1. The molecule has 0 radical (unpaired) electrons. The maximum atomic E-state index is 12.3. The van der Waals surface area contributed by atoms with Gasteiger partial charge in [0.25, 0.3) is 5.91 Å². The zero-order valence-corrected chi connectivity index (χ0v) is 11.8. The van der Waals surface area contributed by atoms with Crippen LogP contribution in [0.2, 0.25) is 0 Å². The Kier molecular flexibility index (Phi) is 4.12. The minimum Gasteiger partial charge on any atom is -0.493 e. The van der Waals surface area contributed by atoms with Gasteiger partial charge in [-0.3, -0.25) is 9.59 Å². The SMILES string of the molecule is COc1cccc(C(=O)N[C@H]2CCN(C)C2=O)c1OC. The van der Waals surface area contributed by atoms with Gasteiger partial charge in [-0.25, -0.2) is 0 Å². The van der Waals surface area contributed by atoms with Crippen LogP contribution in [-0.2, 0) is 4.79 Å². The molecule has 1 heterocycles. The van der Waals surface area contributed by atoms with Gasteiger partial charge in [0.2, 0.25) is 5.91 Å². The predicted octanol–water partition coefficient (Wildman–Crippen LogP) is 0.664. The molecule has 1 fully saturated rings. The van der Waals surface area contributed by atoms with Gasteiger partial charge in [-0.1, -0.05) is 6.07 Å². The lowest BCUT2D eigenvalue weighted by molar-refractivity contribution is -0.128. The number of rotatable bonds is 4. The summed E-state index contributed by atoms with van der Waals surface area (Å²) >= 11 is 0. The summed E-state index contributed by atoms with van der Waals surface area (Å²) in [7, 11) is 4.71. The molecule has 1 saturated heterocycles. The molecule has 1 aromatic rings. The fourth-order valence-corrected chi connectivity index (χ4v) is 2.26. The molecule has 1 N–H and O–H groups in total. The molecule has 0 aromatic heterocycles. The van der Waals surface area contributed by atoms with Crippen LogP contribution < -0.4 is 14.8 Å². The van der Waals surface area contributed by atoms with Gasteiger partial charge in [-0.05, 0) is 18.6 Å². The van der Waals surface area contributed by atoms with Crippen LogP contribution in [-0.4, -0.2) is 50.6 Å². The van der Waals surface area contributed by atoms with Crippen LogP contribution in [0.15, 0.2) is 18.2 Å². The van der Waals surface area contributed by atoms with Crippen LogP contribution in [0.3, 0.4) is 0 Å². The first kappa shape index (κ1) is 14.2. The number of para-hydroxylation sites is 1. The molecule has 1 aromatic carbocycles. The maximum absolute atomic E-state index is 12.3. The number of likely N-dealkylation sites (tertiary alicyclic amines) is 1. The highest BCUT2D eigenvalue weighted by molar-refractivity contribution is 6.00. The van der Waals surface area contributed by atoms with Crippen molar-refractivity contribution in [1.82, 2.24) is 10.2 Å². The molecule has 0 bridgehead atoms. The van der Waals surface area contributed by atoms with Crippen molar-refractivity contribution in [3.05, 3.63) is 23.8 Å². The van der Waals surface area contributed by atoms with E-state index >= 15 is 0 Å². The fraction of sp³-hybridized carbons (Fsp3) is 0.429. The molecule has 20 heavy (non-hydrogen) atoms. The summed E-state index contributed by atoms with van der Waals surface area (Å²) in [6.45, 7) is 0.652. The van der Waals surface area contributed by atoms with E-state index in [1.807, 2.05) is 0 Å². The van der Waals surface area contributed by atoms with Crippen molar-refractivity contribution >= 4 is 11.8 Å². The first-order chi connectivity index (χ1) is 9.58. The molecule has 6 heteroatoms. The van der Waals surface area contributed by atoms with Crippen molar-refractivity contribution in [2.45, 2.75) is 12.5 Å². The van der Waals surface area contributed by atoms with Crippen LogP contribution in [0.1, 0.15) is 16.8 Å². The average Bonchev–Trinajstić information content (AvgIpc) is 2.78. The summed E-state index contributed by atoms with van der Waals surface area (Å²) in [5.74, 6) is 0.441. The minimum absolute atomic E-state index is 0.0692. The maximum Gasteiger partial charge on any atom is 0.255 e. The van der Waals surface area contributed by atoms with Gasteiger partial charge in [0.15, 0.2) is 11.5 Å². The Bertz CT molecular complexity index is 530. The van der Waals surface area contributed by atoms with Gasteiger partial charge in [-0.2, -0.15) is 0 Å². The molecular formula is C14H18N2O4. The van der Waals surface area contributed by atoms with Crippen molar-refractivity contribution in [1.29, 1.82) is 0 Å². The number of hydrogen-bond donors (Lipinski definition) is 1. The molecule has 1 aliphatic rings. The number of nitrogens with one attached hydrogen (secondary N) is 1. The Morgan fingerprint density at radius 2 is 2.10 bits per heavy atom. The first-order valence-electron chi connectivity index (χ1n) is 6.35. The number of nitrogens with zero attached hydrogens (tertiary/aromatic N) is 1. The molecule has 6 nitrogen and oxygen atoms in total. The summed E-state index contributed by atoms with van der Waals surface area (Å²) in [6.07, 6.45) is 0.618. The van der Waals surface area contributed by atoms with Crippen molar-refractivity contribution < 1.29 is 19.1 Å². The Morgan fingerprint density at radius 3 is 2.65 bits per heavy atom. The third kappa shape index (κ3) is 2.54. The first-order valence-corrected chi connectivity index (χ1v) is 6.35. The van der Waals surface area contributed by atoms with E-state index in [0.717, 1.165) is 0 Å². The number of carbonyl (C=O) groups is 2. The summed E-state index contributed by atoms with van der Waals surface area (Å²) in [4.78, 5) is 25.7. The van der Waals surface area contributed by atoms with Gasteiger partial charge < -0.3 is 19.7 Å². The molecule has 1 aliphatic heterocycles. The number of amides is 2. The number of benzene rings is 1. The van der Waals surface area contributed by atoms with E-state index in [1.165, 1.54) is 14.2 Å². The normalized spacial score (nSPS) is 18.1. The highest BCUT2D eigenvalue weighted by Gasteiger charge is 2.31. The third-order valence-corrected chi connectivity index (χ3v) is 3.38. The molecule has 0 aliphatic carbocycles. The molecule has 108 valence electrons. The molecular weight excluding hydrogens is 260 g/mol. The Labute approximate surface area is 117 Å². The number of methoxy groups -OCH3 is 2. The number of carbonyl (C=O) groups excluding carboxylic acids is 2. The standard InChI is InChI=1S/C14H18N2O4/c1-16-8-7-10(14(16)18)15-13(17)9-5-4-6-11(19-2)12(9)20-3/h4-6,10H,7-8H2,1-3H3,(H,15,17)/t10-/m0/s1. The minimum atomic E-state index is -0.469. The smallest absolute Gasteiger partial charge is 0.255 e. The van der Waals surface area contributed by atoms with Crippen LogP contribution in [0.4, 0.5) is 0 Å². The van der Waals surface area contributed by atoms with Gasteiger partial charge in [0, 0.05) is 13.6 Å². The summed E-state index contributed by atoms with van der Waals surface area (Å²) in [6, 6.07) is 4.59. The number of ether oxygens (including phenoxy) is 2. The van der Waals surface area contributed by atoms with Crippen molar-refractivity contribution in [3.63, 3.8) is 0 Å². The highest BCUT2D eigenvalue weighted by atomic mass is 16.5. The highest BCUT2D eigenvalue weighted by Crippen LogP contribution is 2.30. The van der Waals surface area contributed by atoms with E-state index in [2.05, 4.69) is 5.32 Å². The third-order valence-electron chi connectivity index (χ3n) is 3.38. The monoisotopic (exact) mass is 278 g/mol. The van der Waals surface area contributed by atoms with Crippen molar-refractivity contribution in [3.8, 4) is 11.5 Å². The van der Waals surface area contributed by atoms with E-state index in [4.69, 9.17) is 9.47 Å². The predicted molar refractivity (Wildman–Crippen MR) is 73.1 cm³/mol. The van der Waals surface area contributed by atoms with Gasteiger partial charge in [0.05, 0.1) is 19.8 Å². The fourth-order valence-electron chi connectivity index (χ4n) is 2.26. The number of hydrogen-bond acceptors (Lipinski definition) is 4. The zero-order chi connectivity index (χ0) is 14.7. The van der Waals surface area contributed by atoms with E-state index in [1.54, 1.807) is 30.1 Å². The Hall–Kier alpha value is -2.24. The Balaban J connectivity index is 2.19. The molecule has 2 amide bonds. The average molecular weight is 278 g/mol. The summed E-state index contributed by atoms with van der Waals surface area (Å²) in [5, 5.41) is 2.74.